The van der Waals surface area contributed by atoms with E-state index >= 15 is 0 Å². The molecule has 0 amide bonds. The molecule has 0 unspecified atom stereocenters. The number of alkyl halides is 1. The van der Waals surface area contributed by atoms with Crippen molar-refractivity contribution < 1.29 is 9.18 Å². The Morgan fingerprint density at radius 3 is 2.20 bits per heavy atom. The van der Waals surface area contributed by atoms with Crippen molar-refractivity contribution in [2.75, 3.05) is 0 Å². The van der Waals surface area contributed by atoms with Crippen molar-refractivity contribution in [3.63, 3.8) is 0 Å². The smallest absolute Gasteiger partial charge is 0.170 e. The molecule has 1 aliphatic rings. The molecule has 0 bridgehead atoms. The lowest BCUT2D eigenvalue weighted by Crippen LogP contribution is -1.65. The third-order valence-electron chi connectivity index (χ3n) is 0.570. The first-order valence-electron chi connectivity index (χ1n) is 1.47. The van der Waals surface area contributed by atoms with Gasteiger partial charge in [-0.15, -0.1) is 0 Å². The van der Waals surface area contributed by atoms with Crippen LogP contribution >= 0.6 is 0 Å². The van der Waals surface area contributed by atoms with Crippen molar-refractivity contribution >= 4 is 5.78 Å². The Labute approximate surface area is 28.8 Å². The topological polar surface area (TPSA) is 17.1 Å². The first-order chi connectivity index (χ1) is 2.30. The fourth-order valence-corrected chi connectivity index (χ4v) is 0.118. The SMILES string of the molecule is O=C1C[C@@H]1F. The number of rotatable bonds is 0. The zero-order valence-corrected chi connectivity index (χ0v) is 2.57. The summed E-state index contributed by atoms with van der Waals surface area (Å²) in [5.41, 5.74) is 0. The maximum Gasteiger partial charge on any atom is 0.170 e. The second kappa shape index (κ2) is 0.559. The van der Waals surface area contributed by atoms with Crippen LogP contribution in [0.3, 0.4) is 0 Å². The minimum Gasteiger partial charge on any atom is -0.296 e. The molecular formula is C3H3FO. The second-order valence-electron chi connectivity index (χ2n) is 1.14. The second-order valence-corrected chi connectivity index (χ2v) is 1.14. The number of ketones is 1. The zero-order valence-electron chi connectivity index (χ0n) is 2.57. The van der Waals surface area contributed by atoms with Crippen LogP contribution in [-0.2, 0) is 4.79 Å². The number of hydrogen-bond donors (Lipinski definition) is 0. The summed E-state index contributed by atoms with van der Waals surface area (Å²) in [6.45, 7) is 0. The minimum atomic E-state index is -1.09. The van der Waals surface area contributed by atoms with E-state index in [2.05, 4.69) is 0 Å². The molecule has 1 aliphatic carbocycles. The van der Waals surface area contributed by atoms with Gasteiger partial charge in [0.05, 0.1) is 0 Å². The molecule has 0 aromatic rings. The van der Waals surface area contributed by atoms with Crippen molar-refractivity contribution in [3.05, 3.63) is 0 Å². The van der Waals surface area contributed by atoms with E-state index in [1.165, 1.54) is 0 Å². The molecule has 0 saturated heterocycles. The predicted octanol–water partition coefficient (Wildman–Crippen LogP) is 0.297. The molecule has 1 atom stereocenters. The first kappa shape index (κ1) is 2.82. The van der Waals surface area contributed by atoms with Crippen molar-refractivity contribution in [2.45, 2.75) is 12.6 Å². The van der Waals surface area contributed by atoms with Gasteiger partial charge in [-0.2, -0.15) is 0 Å². The summed E-state index contributed by atoms with van der Waals surface area (Å²) in [6.07, 6.45) is -0.921. The van der Waals surface area contributed by atoms with E-state index < -0.39 is 6.17 Å². The van der Waals surface area contributed by atoms with Gasteiger partial charge in [0.1, 0.15) is 0 Å². The molecule has 2 heteroatoms. The monoisotopic (exact) mass is 74.0 g/mol. The van der Waals surface area contributed by atoms with E-state index in [1.54, 1.807) is 0 Å². The van der Waals surface area contributed by atoms with Crippen LogP contribution in [0, 0.1) is 0 Å². The molecule has 0 radical (unpaired) electrons. The highest BCUT2D eigenvalue weighted by molar-refractivity contribution is 5.98. The number of halogens is 1. The summed E-state index contributed by atoms with van der Waals surface area (Å²) in [5.74, 6) is -0.245. The molecule has 0 N–H and O–H groups in total. The number of Topliss-reactive ketones (excluding diaryl/α,β-unsaturated/α-hetero) is 1. The summed E-state index contributed by atoms with van der Waals surface area (Å²) < 4.78 is 11.2. The van der Waals surface area contributed by atoms with Gasteiger partial charge in [0.2, 0.25) is 0 Å². The van der Waals surface area contributed by atoms with Crippen LogP contribution < -0.4 is 0 Å². The molecule has 1 nitrogen and oxygen atoms in total. The average molecular weight is 74.1 g/mol. The van der Waals surface area contributed by atoms with E-state index in [1.807, 2.05) is 0 Å². The molecule has 28 valence electrons. The number of carbonyl (C=O) groups excluding carboxylic acids is 1. The molecule has 0 aliphatic heterocycles. The zero-order chi connectivity index (χ0) is 3.86. The summed E-state index contributed by atoms with van der Waals surface area (Å²) in [6, 6.07) is 0. The van der Waals surface area contributed by atoms with Crippen LogP contribution in [-0.4, -0.2) is 12.0 Å². The lowest BCUT2D eigenvalue weighted by Gasteiger charge is -1.49. The summed E-state index contributed by atoms with van der Waals surface area (Å²) in [7, 11) is 0. The Balaban J connectivity index is 2.47. The standard InChI is InChI=1S/C3H3FO/c4-2-1-3(2)5/h2H,1H2/t2-/m0/s1. The predicted molar refractivity (Wildman–Crippen MR) is 14.5 cm³/mol. The van der Waals surface area contributed by atoms with Crippen molar-refractivity contribution in [1.29, 1.82) is 0 Å². The van der Waals surface area contributed by atoms with E-state index in [4.69, 9.17) is 0 Å². The highest BCUT2D eigenvalue weighted by Gasteiger charge is 2.34. The molecule has 1 saturated carbocycles. The van der Waals surface area contributed by atoms with Gasteiger partial charge in [0.15, 0.2) is 12.0 Å². The highest BCUT2D eigenvalue weighted by atomic mass is 19.1. The normalized spacial score (nSPS) is 34.6. The average Bonchev–Trinajstić information content (AvgIpc) is 1.79. The molecule has 0 heterocycles. The Bertz CT molecular complexity index is 69.3. The lowest BCUT2D eigenvalue weighted by molar-refractivity contribution is -0.111. The fourth-order valence-electron chi connectivity index (χ4n) is 0.118. The Morgan fingerprint density at radius 1 is 2.00 bits per heavy atom. The van der Waals surface area contributed by atoms with Crippen LogP contribution in [0.5, 0.6) is 0 Å². The maximum absolute atomic E-state index is 11.2. The van der Waals surface area contributed by atoms with Gasteiger partial charge in [0, 0.05) is 6.42 Å². The van der Waals surface area contributed by atoms with E-state index in [0.29, 0.717) is 0 Å². The van der Waals surface area contributed by atoms with Crippen LogP contribution in [0.15, 0.2) is 0 Å². The van der Waals surface area contributed by atoms with Crippen LogP contribution in [0.1, 0.15) is 6.42 Å². The van der Waals surface area contributed by atoms with Crippen molar-refractivity contribution in [3.8, 4) is 0 Å². The van der Waals surface area contributed by atoms with Crippen LogP contribution in [0.4, 0.5) is 4.39 Å². The first-order valence-corrected chi connectivity index (χ1v) is 1.47. The van der Waals surface area contributed by atoms with Gasteiger partial charge < -0.3 is 0 Å². The van der Waals surface area contributed by atoms with Crippen LogP contribution in [0.25, 0.3) is 0 Å². The summed E-state index contributed by atoms with van der Waals surface area (Å²) in [4.78, 5) is 9.51. The fraction of sp³-hybridized carbons (Fsp3) is 0.667. The number of hydrogen-bond acceptors (Lipinski definition) is 1. The molecule has 0 aromatic carbocycles. The molecular weight excluding hydrogens is 71.0 g/mol. The van der Waals surface area contributed by atoms with E-state index in [-0.39, 0.29) is 12.2 Å². The molecule has 5 heavy (non-hydrogen) atoms. The van der Waals surface area contributed by atoms with Crippen molar-refractivity contribution in [1.82, 2.24) is 0 Å². The van der Waals surface area contributed by atoms with Gasteiger partial charge >= 0.3 is 0 Å². The lowest BCUT2D eigenvalue weighted by atomic mass is 10.9. The Morgan fingerprint density at radius 2 is 2.20 bits per heavy atom. The van der Waals surface area contributed by atoms with E-state index in [9.17, 15) is 9.18 Å². The third kappa shape index (κ3) is 0.294. The summed E-state index contributed by atoms with van der Waals surface area (Å²) in [5, 5.41) is 0. The molecule has 0 spiro atoms. The molecule has 0 aromatic heterocycles. The van der Waals surface area contributed by atoms with Gasteiger partial charge in [-0.1, -0.05) is 0 Å². The minimum absolute atomic E-state index is 0.167. The third-order valence-corrected chi connectivity index (χ3v) is 0.570. The van der Waals surface area contributed by atoms with Crippen molar-refractivity contribution in [2.24, 2.45) is 0 Å². The summed E-state index contributed by atoms with van der Waals surface area (Å²) >= 11 is 0. The quantitative estimate of drug-likeness (QED) is 0.404. The van der Waals surface area contributed by atoms with E-state index in [0.717, 1.165) is 0 Å². The maximum atomic E-state index is 11.2. The van der Waals surface area contributed by atoms with Gasteiger partial charge in [0.25, 0.3) is 0 Å². The Kier molecular flexibility index (Phi) is 0.315. The molecule has 1 rings (SSSR count). The van der Waals surface area contributed by atoms with Gasteiger partial charge in [-0.3, -0.25) is 4.79 Å². The number of carbonyl (C=O) groups is 1. The van der Waals surface area contributed by atoms with Gasteiger partial charge in [-0.25, -0.2) is 4.39 Å². The van der Waals surface area contributed by atoms with Crippen LogP contribution in [0.2, 0.25) is 0 Å². The Hall–Kier alpha value is -0.400. The molecule has 1 fully saturated rings. The largest absolute Gasteiger partial charge is 0.296 e. The highest BCUT2D eigenvalue weighted by Crippen LogP contribution is 2.16. The van der Waals surface area contributed by atoms with Gasteiger partial charge in [-0.05, 0) is 0 Å².